The van der Waals surface area contributed by atoms with Crippen LogP contribution in [-0.2, 0) is 0 Å². The average molecular weight is 458 g/mol. The Kier molecular flexibility index (Phi) is 8.12. The average Bonchev–Trinajstić information content (AvgIpc) is 3.45. The first-order valence-corrected chi connectivity index (χ1v) is 9.14. The summed E-state index contributed by atoms with van der Waals surface area (Å²) in [5, 5.41) is 7.06. The van der Waals surface area contributed by atoms with Crippen LogP contribution in [0.25, 0.3) is 0 Å². The summed E-state index contributed by atoms with van der Waals surface area (Å²) in [7, 11) is 3.58. The number of nitrogens with zero attached hydrogens (tertiary/aromatic N) is 2. The second kappa shape index (κ2) is 10.1. The highest BCUT2D eigenvalue weighted by atomic mass is 127. The number of aliphatic imine (C=N–C) groups is 1. The quantitative estimate of drug-likeness (QED) is 0.391. The Bertz CT molecular complexity index is 562. The molecule has 1 saturated carbocycles. The van der Waals surface area contributed by atoms with Crippen molar-refractivity contribution in [2.75, 3.05) is 38.7 Å². The summed E-state index contributed by atoms with van der Waals surface area (Å²) in [6.07, 6.45) is 6.46. The minimum absolute atomic E-state index is 0. The lowest BCUT2D eigenvalue weighted by atomic mass is 10.0. The van der Waals surface area contributed by atoms with E-state index < -0.39 is 0 Å². The summed E-state index contributed by atoms with van der Waals surface area (Å²) < 4.78 is 5.35. The van der Waals surface area contributed by atoms with E-state index in [-0.39, 0.29) is 24.0 Å². The number of rotatable bonds is 6. The van der Waals surface area contributed by atoms with E-state index >= 15 is 0 Å². The number of nitrogens with one attached hydrogen (secondary N) is 2. The molecule has 1 aromatic carbocycles. The number of anilines is 1. The van der Waals surface area contributed by atoms with Crippen LogP contribution in [0.2, 0.25) is 0 Å². The summed E-state index contributed by atoms with van der Waals surface area (Å²) in [6.45, 7) is 3.12. The Morgan fingerprint density at radius 3 is 2.88 bits per heavy atom. The van der Waals surface area contributed by atoms with Gasteiger partial charge in [0.05, 0.1) is 7.11 Å². The molecule has 2 aliphatic rings. The Morgan fingerprint density at radius 2 is 2.16 bits per heavy atom. The Hall–Kier alpha value is -1.18. The lowest BCUT2D eigenvalue weighted by Crippen LogP contribution is -2.51. The molecule has 1 unspecified atom stereocenters. The molecule has 0 bridgehead atoms. The summed E-state index contributed by atoms with van der Waals surface area (Å²) in [5.41, 5.74) is 1.23. The monoisotopic (exact) mass is 458 g/mol. The predicted octanol–water partition coefficient (Wildman–Crippen LogP) is 3.25. The third kappa shape index (κ3) is 6.24. The van der Waals surface area contributed by atoms with Crippen molar-refractivity contribution in [1.29, 1.82) is 0 Å². The van der Waals surface area contributed by atoms with Crippen molar-refractivity contribution in [3.63, 3.8) is 0 Å². The van der Waals surface area contributed by atoms with Crippen LogP contribution >= 0.6 is 24.0 Å². The lowest BCUT2D eigenvalue weighted by molar-refractivity contribution is 0.414. The van der Waals surface area contributed by atoms with Crippen molar-refractivity contribution in [2.24, 2.45) is 10.9 Å². The maximum atomic E-state index is 5.35. The van der Waals surface area contributed by atoms with Crippen LogP contribution in [0, 0.1) is 5.92 Å². The minimum atomic E-state index is 0. The molecular formula is C19H31IN4O. The fourth-order valence-corrected chi connectivity index (χ4v) is 3.33. The van der Waals surface area contributed by atoms with Crippen LogP contribution in [0.4, 0.5) is 5.69 Å². The minimum Gasteiger partial charge on any atom is -0.497 e. The van der Waals surface area contributed by atoms with E-state index in [0.717, 1.165) is 37.3 Å². The molecule has 1 aliphatic heterocycles. The van der Waals surface area contributed by atoms with Crippen LogP contribution in [0.5, 0.6) is 5.75 Å². The molecule has 0 spiro atoms. The number of benzene rings is 1. The standard InChI is InChI=1S/C19H30N4O.HI/c1-20-19(21-11-10-15-8-9-15)22-16-5-4-12-23(14-16)17-6-3-7-18(13-17)24-2;/h3,6-7,13,15-16H,4-5,8-12,14H2,1-2H3,(H2,20,21,22);1H. The van der Waals surface area contributed by atoms with E-state index in [1.54, 1.807) is 7.11 Å². The van der Waals surface area contributed by atoms with Crippen molar-refractivity contribution in [3.8, 4) is 5.75 Å². The van der Waals surface area contributed by atoms with Crippen LogP contribution in [0.15, 0.2) is 29.3 Å². The summed E-state index contributed by atoms with van der Waals surface area (Å²) >= 11 is 0. The van der Waals surface area contributed by atoms with Crippen molar-refractivity contribution >= 4 is 35.6 Å². The molecule has 0 radical (unpaired) electrons. The zero-order valence-electron chi connectivity index (χ0n) is 15.3. The Labute approximate surface area is 168 Å². The smallest absolute Gasteiger partial charge is 0.191 e. The normalized spacial score (nSPS) is 20.6. The van der Waals surface area contributed by atoms with E-state index in [2.05, 4.69) is 38.7 Å². The molecule has 1 aromatic rings. The predicted molar refractivity (Wildman–Crippen MR) is 115 cm³/mol. The molecule has 1 atom stereocenters. The molecule has 2 fully saturated rings. The molecule has 5 nitrogen and oxygen atoms in total. The number of methoxy groups -OCH3 is 1. The SMILES string of the molecule is CN=C(NCCC1CC1)NC1CCCN(c2cccc(OC)c2)C1.I. The van der Waals surface area contributed by atoms with Gasteiger partial charge in [0.25, 0.3) is 0 Å². The van der Waals surface area contributed by atoms with E-state index in [0.29, 0.717) is 6.04 Å². The fraction of sp³-hybridized carbons (Fsp3) is 0.632. The second-order valence-corrected chi connectivity index (χ2v) is 6.86. The van der Waals surface area contributed by atoms with Crippen molar-refractivity contribution in [1.82, 2.24) is 10.6 Å². The van der Waals surface area contributed by atoms with Crippen molar-refractivity contribution < 1.29 is 4.74 Å². The number of hydrogen-bond acceptors (Lipinski definition) is 3. The molecule has 1 saturated heterocycles. The third-order valence-electron chi connectivity index (χ3n) is 4.95. The van der Waals surface area contributed by atoms with Crippen LogP contribution < -0.4 is 20.3 Å². The number of guanidine groups is 1. The van der Waals surface area contributed by atoms with Gasteiger partial charge in [-0.05, 0) is 37.3 Å². The Balaban J connectivity index is 0.00000225. The molecular weight excluding hydrogens is 427 g/mol. The van der Waals surface area contributed by atoms with E-state index in [4.69, 9.17) is 4.74 Å². The zero-order chi connectivity index (χ0) is 16.8. The van der Waals surface area contributed by atoms with Gasteiger partial charge in [-0.3, -0.25) is 4.99 Å². The maximum absolute atomic E-state index is 5.35. The highest BCUT2D eigenvalue weighted by molar-refractivity contribution is 14.0. The molecule has 6 heteroatoms. The first-order chi connectivity index (χ1) is 11.8. The molecule has 2 N–H and O–H groups in total. The van der Waals surface area contributed by atoms with Crippen LogP contribution in [0.3, 0.4) is 0 Å². The zero-order valence-corrected chi connectivity index (χ0v) is 17.7. The number of halogens is 1. The summed E-state index contributed by atoms with van der Waals surface area (Å²) in [6, 6.07) is 8.76. The maximum Gasteiger partial charge on any atom is 0.191 e. The van der Waals surface area contributed by atoms with Gasteiger partial charge in [0.15, 0.2) is 5.96 Å². The number of ether oxygens (including phenoxy) is 1. The van der Waals surface area contributed by atoms with Gasteiger partial charge in [-0.2, -0.15) is 0 Å². The van der Waals surface area contributed by atoms with E-state index in [1.807, 2.05) is 13.1 Å². The van der Waals surface area contributed by atoms with Gasteiger partial charge >= 0.3 is 0 Å². The van der Waals surface area contributed by atoms with Gasteiger partial charge < -0.3 is 20.3 Å². The molecule has 0 amide bonds. The van der Waals surface area contributed by atoms with E-state index in [9.17, 15) is 0 Å². The fourth-order valence-electron chi connectivity index (χ4n) is 3.33. The van der Waals surface area contributed by atoms with Crippen molar-refractivity contribution in [2.45, 2.75) is 38.1 Å². The summed E-state index contributed by atoms with van der Waals surface area (Å²) in [4.78, 5) is 6.81. The van der Waals surface area contributed by atoms with Crippen molar-refractivity contribution in [3.05, 3.63) is 24.3 Å². The van der Waals surface area contributed by atoms with Gasteiger partial charge in [0.2, 0.25) is 0 Å². The van der Waals surface area contributed by atoms with Gasteiger partial charge in [-0.25, -0.2) is 0 Å². The van der Waals surface area contributed by atoms with E-state index in [1.165, 1.54) is 37.8 Å². The number of hydrogen-bond donors (Lipinski definition) is 2. The lowest BCUT2D eigenvalue weighted by Gasteiger charge is -2.35. The third-order valence-corrected chi connectivity index (χ3v) is 4.95. The first kappa shape index (κ1) is 20.1. The largest absolute Gasteiger partial charge is 0.497 e. The molecule has 1 aliphatic carbocycles. The first-order valence-electron chi connectivity index (χ1n) is 9.14. The highest BCUT2D eigenvalue weighted by Gasteiger charge is 2.22. The van der Waals surface area contributed by atoms with Gasteiger partial charge in [0, 0.05) is 44.5 Å². The number of piperidine rings is 1. The molecule has 140 valence electrons. The van der Waals surface area contributed by atoms with Crippen LogP contribution in [-0.4, -0.2) is 45.8 Å². The second-order valence-electron chi connectivity index (χ2n) is 6.86. The Morgan fingerprint density at radius 1 is 1.32 bits per heavy atom. The molecule has 1 heterocycles. The molecule has 25 heavy (non-hydrogen) atoms. The van der Waals surface area contributed by atoms with Gasteiger partial charge in [-0.1, -0.05) is 18.9 Å². The highest BCUT2D eigenvalue weighted by Crippen LogP contribution is 2.31. The van der Waals surface area contributed by atoms with Gasteiger partial charge in [0.1, 0.15) is 5.75 Å². The molecule has 0 aromatic heterocycles. The van der Waals surface area contributed by atoms with Gasteiger partial charge in [-0.15, -0.1) is 24.0 Å². The molecule has 3 rings (SSSR count). The topological polar surface area (TPSA) is 48.9 Å². The van der Waals surface area contributed by atoms with Crippen LogP contribution in [0.1, 0.15) is 32.1 Å². The summed E-state index contributed by atoms with van der Waals surface area (Å²) in [5.74, 6) is 2.81.